The monoisotopic (exact) mass is 394 g/mol. The van der Waals surface area contributed by atoms with Crippen molar-refractivity contribution >= 4 is 42.2 Å². The topological polar surface area (TPSA) is 67.4 Å². The van der Waals surface area contributed by atoms with Crippen molar-refractivity contribution in [3.8, 4) is 0 Å². The molecule has 0 fully saturated rings. The third-order valence-corrected chi connectivity index (χ3v) is 3.43. The number of ether oxygens (including phenoxy) is 1. The Morgan fingerprint density at radius 3 is 2.68 bits per heavy atom. The summed E-state index contributed by atoms with van der Waals surface area (Å²) in [5.74, 6) is -0.687. The number of carbonyl (C=O) groups is 2. The number of carbonyl (C=O) groups excluding carboxylic acids is 2. The molecular weight excluding hydrogens is 379 g/mol. The molecule has 0 spiro atoms. The van der Waals surface area contributed by atoms with Crippen LogP contribution < -0.4 is 10.0 Å². The van der Waals surface area contributed by atoms with E-state index in [1.807, 2.05) is 51.5 Å². The molecule has 7 heteroatoms. The summed E-state index contributed by atoms with van der Waals surface area (Å²) in [7, 11) is 1.32. The molecule has 0 heterocycles. The van der Waals surface area contributed by atoms with Crippen LogP contribution >= 0.6 is 30.3 Å². The van der Waals surface area contributed by atoms with Crippen molar-refractivity contribution in [2.45, 2.75) is 19.6 Å². The zero-order valence-corrected chi connectivity index (χ0v) is 13.4. The Morgan fingerprint density at radius 2 is 2.05 bits per heavy atom. The molecule has 1 amide bonds. The molecule has 0 bridgehead atoms. The average Bonchev–Trinajstić information content (AvgIpc) is 2.43. The Morgan fingerprint density at radius 1 is 1.37 bits per heavy atom. The molecule has 0 aliphatic heterocycles. The van der Waals surface area contributed by atoms with Crippen molar-refractivity contribution < 1.29 is 14.3 Å². The lowest BCUT2D eigenvalue weighted by molar-refractivity contribution is -0.148. The highest BCUT2D eigenvalue weighted by Crippen LogP contribution is 2.03. The van der Waals surface area contributed by atoms with Crippen molar-refractivity contribution in [2.75, 3.05) is 6.54 Å². The standard InChI is InChI=1S/C12H15IN2O3S/c1-9(15-11(16)7-14-19-13)12(17)18-8-10-5-3-2-4-6-10/h2-6,9,14H,7-8H2,1H3,(H,15,16). The van der Waals surface area contributed by atoms with Crippen LogP contribution in [0.2, 0.25) is 0 Å². The molecule has 1 rings (SSSR count). The largest absolute Gasteiger partial charge is 0.459 e. The summed E-state index contributed by atoms with van der Waals surface area (Å²) in [6.07, 6.45) is 0. The van der Waals surface area contributed by atoms with Gasteiger partial charge in [0.1, 0.15) is 12.6 Å². The first-order valence-electron chi connectivity index (χ1n) is 5.64. The van der Waals surface area contributed by atoms with Gasteiger partial charge < -0.3 is 10.1 Å². The summed E-state index contributed by atoms with van der Waals surface area (Å²) in [4.78, 5) is 23.1. The van der Waals surface area contributed by atoms with Crippen LogP contribution in [0.5, 0.6) is 0 Å². The maximum Gasteiger partial charge on any atom is 0.328 e. The number of halogens is 1. The highest BCUT2D eigenvalue weighted by molar-refractivity contribution is 14.2. The molecule has 0 aliphatic carbocycles. The van der Waals surface area contributed by atoms with E-state index >= 15 is 0 Å². The highest BCUT2D eigenvalue weighted by atomic mass is 127. The van der Waals surface area contributed by atoms with Gasteiger partial charge in [-0.05, 0) is 21.6 Å². The van der Waals surface area contributed by atoms with Crippen LogP contribution in [-0.2, 0) is 20.9 Å². The lowest BCUT2D eigenvalue weighted by Crippen LogP contribution is -2.42. The fraction of sp³-hybridized carbons (Fsp3) is 0.333. The lowest BCUT2D eigenvalue weighted by Gasteiger charge is -2.13. The second-order valence-corrected chi connectivity index (χ2v) is 5.54. The highest BCUT2D eigenvalue weighted by Gasteiger charge is 2.16. The number of benzene rings is 1. The number of hydrogen-bond donors (Lipinski definition) is 2. The Kier molecular flexibility index (Phi) is 7.84. The second kappa shape index (κ2) is 9.16. The molecule has 1 unspecified atom stereocenters. The molecule has 0 radical (unpaired) electrons. The van der Waals surface area contributed by atoms with Gasteiger partial charge in [0.2, 0.25) is 5.91 Å². The van der Waals surface area contributed by atoms with Gasteiger partial charge in [0.15, 0.2) is 0 Å². The van der Waals surface area contributed by atoms with E-state index in [0.29, 0.717) is 0 Å². The smallest absolute Gasteiger partial charge is 0.328 e. The van der Waals surface area contributed by atoms with Crippen molar-refractivity contribution in [1.29, 1.82) is 0 Å². The fourth-order valence-electron chi connectivity index (χ4n) is 1.30. The second-order valence-electron chi connectivity index (χ2n) is 3.78. The van der Waals surface area contributed by atoms with E-state index in [4.69, 9.17) is 4.74 Å². The van der Waals surface area contributed by atoms with E-state index in [2.05, 4.69) is 10.0 Å². The quantitative estimate of drug-likeness (QED) is 0.420. The minimum atomic E-state index is -0.655. The maximum absolute atomic E-state index is 11.7. The number of hydrogen-bond acceptors (Lipinski definition) is 5. The number of esters is 1. The summed E-state index contributed by atoms with van der Waals surface area (Å²) < 4.78 is 7.90. The van der Waals surface area contributed by atoms with Gasteiger partial charge in [-0.25, -0.2) is 9.52 Å². The third kappa shape index (κ3) is 6.79. The first kappa shape index (κ1) is 16.3. The van der Waals surface area contributed by atoms with Crippen molar-refractivity contribution in [3.05, 3.63) is 35.9 Å². The van der Waals surface area contributed by atoms with Crippen LogP contribution in [-0.4, -0.2) is 24.5 Å². The number of rotatable bonds is 7. The SMILES string of the molecule is CC(NC(=O)CNSI)C(=O)OCc1ccccc1. The summed E-state index contributed by atoms with van der Waals surface area (Å²) in [5, 5.41) is 2.56. The Bertz CT molecular complexity index is 417. The van der Waals surface area contributed by atoms with Crippen LogP contribution in [0, 0.1) is 0 Å². The van der Waals surface area contributed by atoms with Crippen LogP contribution in [0.3, 0.4) is 0 Å². The van der Waals surface area contributed by atoms with E-state index in [-0.39, 0.29) is 19.1 Å². The van der Waals surface area contributed by atoms with Gasteiger partial charge in [0.25, 0.3) is 0 Å². The predicted molar refractivity (Wildman–Crippen MR) is 83.5 cm³/mol. The van der Waals surface area contributed by atoms with Crippen LogP contribution in [0.25, 0.3) is 0 Å². The fourth-order valence-corrected chi connectivity index (χ4v) is 1.95. The van der Waals surface area contributed by atoms with Crippen LogP contribution in [0.15, 0.2) is 30.3 Å². The molecule has 1 aromatic rings. The predicted octanol–water partition coefficient (Wildman–Crippen LogP) is 1.82. The summed E-state index contributed by atoms with van der Waals surface area (Å²) in [5.41, 5.74) is 0.914. The van der Waals surface area contributed by atoms with E-state index < -0.39 is 12.0 Å². The number of nitrogens with one attached hydrogen (secondary N) is 2. The molecular formula is C12H15IN2O3S. The van der Waals surface area contributed by atoms with E-state index in [1.54, 1.807) is 6.92 Å². The molecule has 0 aromatic heterocycles. The zero-order valence-electron chi connectivity index (χ0n) is 10.4. The maximum atomic E-state index is 11.7. The minimum Gasteiger partial charge on any atom is -0.459 e. The molecule has 5 nitrogen and oxygen atoms in total. The molecule has 1 atom stereocenters. The summed E-state index contributed by atoms with van der Waals surface area (Å²) in [6, 6.07) is 8.74. The Labute approximate surface area is 128 Å². The third-order valence-electron chi connectivity index (χ3n) is 2.24. The first-order valence-corrected chi connectivity index (χ1v) is 8.99. The van der Waals surface area contributed by atoms with Gasteiger partial charge in [-0.3, -0.25) is 4.79 Å². The van der Waals surface area contributed by atoms with E-state index in [1.165, 1.54) is 9.12 Å². The molecule has 1 aromatic carbocycles. The zero-order chi connectivity index (χ0) is 14.1. The van der Waals surface area contributed by atoms with Gasteiger partial charge >= 0.3 is 5.97 Å². The molecule has 0 saturated carbocycles. The summed E-state index contributed by atoms with van der Waals surface area (Å²) in [6.45, 7) is 1.97. The number of amides is 1. The van der Waals surface area contributed by atoms with Crippen molar-refractivity contribution in [2.24, 2.45) is 0 Å². The molecule has 104 valence electrons. The van der Waals surface area contributed by atoms with Crippen LogP contribution in [0.4, 0.5) is 0 Å². The minimum absolute atomic E-state index is 0.157. The van der Waals surface area contributed by atoms with Crippen molar-refractivity contribution in [3.63, 3.8) is 0 Å². The van der Waals surface area contributed by atoms with Crippen LogP contribution in [0.1, 0.15) is 12.5 Å². The molecule has 19 heavy (non-hydrogen) atoms. The van der Waals surface area contributed by atoms with Gasteiger partial charge in [-0.1, -0.05) is 30.3 Å². The van der Waals surface area contributed by atoms with E-state index in [9.17, 15) is 9.59 Å². The van der Waals surface area contributed by atoms with Gasteiger partial charge in [-0.15, -0.1) is 0 Å². The molecule has 2 N–H and O–H groups in total. The summed E-state index contributed by atoms with van der Waals surface area (Å²) >= 11 is 2.02. The normalized spacial score (nSPS) is 11.7. The Hall–Kier alpha value is -0.800. The first-order chi connectivity index (χ1) is 9.13. The van der Waals surface area contributed by atoms with E-state index in [0.717, 1.165) is 5.56 Å². The average molecular weight is 394 g/mol. The van der Waals surface area contributed by atoms with Gasteiger partial charge in [-0.2, -0.15) is 0 Å². The van der Waals surface area contributed by atoms with Crippen molar-refractivity contribution in [1.82, 2.24) is 10.0 Å². The van der Waals surface area contributed by atoms with Gasteiger partial charge in [0.05, 0.1) is 6.54 Å². The Balaban J connectivity index is 2.30. The molecule has 0 saturated heterocycles. The lowest BCUT2D eigenvalue weighted by atomic mass is 10.2. The van der Waals surface area contributed by atoms with Gasteiger partial charge in [0, 0.05) is 21.2 Å². The molecule has 0 aliphatic rings.